The number of thioether (sulfide) groups is 1. The fourth-order valence-electron chi connectivity index (χ4n) is 0.328. The average molecular weight is 198 g/mol. The maximum Gasteiger partial charge on any atom is 0.314 e. The van der Waals surface area contributed by atoms with Crippen LogP contribution in [-0.2, 0) is 4.79 Å². The second-order valence-electron chi connectivity index (χ2n) is 1.59. The number of carbonyl (C=O) groups excluding carboxylic acids is 1. The number of amides is 1. The van der Waals surface area contributed by atoms with E-state index in [4.69, 9.17) is 16.7 Å². The monoisotopic (exact) mass is 197 g/mol. The van der Waals surface area contributed by atoms with Gasteiger partial charge < -0.3 is 10.4 Å². The Morgan fingerprint density at radius 2 is 2.18 bits per heavy atom. The standard InChI is InChI=1S/C5H8ClNO3S/c6-1-2-7-5(10)11-3-4(8)9/h1-3H2,(H,7,10)(H,8,9). The van der Waals surface area contributed by atoms with E-state index in [-0.39, 0.29) is 11.0 Å². The molecule has 2 N–H and O–H groups in total. The molecule has 0 atom stereocenters. The first-order valence-corrected chi connectivity index (χ1v) is 4.37. The fourth-order valence-corrected chi connectivity index (χ4v) is 0.881. The number of carboxylic acids is 1. The van der Waals surface area contributed by atoms with Gasteiger partial charge in [-0.2, -0.15) is 0 Å². The molecule has 0 aliphatic rings. The van der Waals surface area contributed by atoms with Gasteiger partial charge in [0.2, 0.25) is 0 Å². The smallest absolute Gasteiger partial charge is 0.314 e. The highest BCUT2D eigenvalue weighted by Crippen LogP contribution is 1.99. The number of nitrogens with one attached hydrogen (secondary N) is 1. The van der Waals surface area contributed by atoms with Crippen LogP contribution in [0.5, 0.6) is 0 Å². The predicted molar refractivity (Wildman–Crippen MR) is 44.2 cm³/mol. The lowest BCUT2D eigenvalue weighted by Crippen LogP contribution is -2.21. The Balaban J connectivity index is 3.30. The SMILES string of the molecule is O=C(O)CSC(=O)NCCCl. The molecule has 0 bridgehead atoms. The van der Waals surface area contributed by atoms with Crippen molar-refractivity contribution in [2.24, 2.45) is 0 Å². The molecule has 0 spiro atoms. The summed E-state index contributed by atoms with van der Waals surface area (Å²) in [6.07, 6.45) is 0. The van der Waals surface area contributed by atoms with Crippen LogP contribution in [0.4, 0.5) is 4.79 Å². The van der Waals surface area contributed by atoms with Gasteiger partial charge in [-0.1, -0.05) is 11.8 Å². The number of alkyl halides is 1. The lowest BCUT2D eigenvalue weighted by atomic mass is 10.8. The summed E-state index contributed by atoms with van der Waals surface area (Å²) in [5.74, 6) is -0.885. The normalized spacial score (nSPS) is 9.18. The zero-order chi connectivity index (χ0) is 8.69. The Kier molecular flexibility index (Phi) is 6.06. The van der Waals surface area contributed by atoms with Gasteiger partial charge in [0, 0.05) is 12.4 Å². The maximum atomic E-state index is 10.6. The molecular weight excluding hydrogens is 190 g/mol. The number of hydrogen-bond acceptors (Lipinski definition) is 3. The van der Waals surface area contributed by atoms with Crippen LogP contribution in [0, 0.1) is 0 Å². The van der Waals surface area contributed by atoms with Crippen molar-refractivity contribution >= 4 is 34.6 Å². The third-order valence-electron chi connectivity index (χ3n) is 0.691. The zero-order valence-electron chi connectivity index (χ0n) is 5.67. The molecule has 0 saturated heterocycles. The molecule has 0 aromatic rings. The summed E-state index contributed by atoms with van der Waals surface area (Å²) < 4.78 is 0. The predicted octanol–water partition coefficient (Wildman–Crippen LogP) is 0.753. The Bertz CT molecular complexity index is 153. The Labute approximate surface area is 73.3 Å². The van der Waals surface area contributed by atoms with Crippen LogP contribution in [0.3, 0.4) is 0 Å². The second kappa shape index (κ2) is 6.30. The van der Waals surface area contributed by atoms with E-state index in [0.29, 0.717) is 24.2 Å². The first-order valence-electron chi connectivity index (χ1n) is 2.85. The highest BCUT2D eigenvalue weighted by Gasteiger charge is 2.03. The third kappa shape index (κ3) is 7.48. The van der Waals surface area contributed by atoms with Crippen molar-refractivity contribution in [3.05, 3.63) is 0 Å². The van der Waals surface area contributed by atoms with E-state index in [1.807, 2.05) is 0 Å². The average Bonchev–Trinajstić information content (AvgIpc) is 1.97. The van der Waals surface area contributed by atoms with Crippen LogP contribution < -0.4 is 5.32 Å². The Morgan fingerprint density at radius 3 is 2.64 bits per heavy atom. The fraction of sp³-hybridized carbons (Fsp3) is 0.600. The largest absolute Gasteiger partial charge is 0.481 e. The molecule has 4 nitrogen and oxygen atoms in total. The molecule has 64 valence electrons. The minimum absolute atomic E-state index is 0.214. The van der Waals surface area contributed by atoms with Crippen LogP contribution in [0.25, 0.3) is 0 Å². The van der Waals surface area contributed by atoms with E-state index in [1.54, 1.807) is 0 Å². The number of hydrogen-bond donors (Lipinski definition) is 2. The minimum atomic E-state index is -1.00. The lowest BCUT2D eigenvalue weighted by Gasteiger charge is -1.98. The van der Waals surface area contributed by atoms with Gasteiger partial charge in [-0.15, -0.1) is 11.6 Å². The molecule has 0 radical (unpaired) electrons. The molecule has 0 aliphatic heterocycles. The van der Waals surface area contributed by atoms with Gasteiger partial charge in [-0.3, -0.25) is 9.59 Å². The number of carboxylic acid groups (broad SMARTS) is 1. The van der Waals surface area contributed by atoms with Gasteiger partial charge >= 0.3 is 5.97 Å². The molecule has 0 heterocycles. The van der Waals surface area contributed by atoms with Crippen molar-refractivity contribution in [1.82, 2.24) is 5.32 Å². The zero-order valence-corrected chi connectivity index (χ0v) is 7.24. The molecule has 0 saturated carbocycles. The van der Waals surface area contributed by atoms with Gasteiger partial charge in [0.05, 0.1) is 0 Å². The molecule has 0 unspecified atom stereocenters. The van der Waals surface area contributed by atoms with E-state index in [1.165, 1.54) is 0 Å². The third-order valence-corrected chi connectivity index (χ3v) is 1.68. The summed E-state index contributed by atoms with van der Waals surface area (Å²) in [7, 11) is 0. The maximum absolute atomic E-state index is 10.6. The van der Waals surface area contributed by atoms with Gasteiger partial charge in [0.15, 0.2) is 0 Å². The quantitative estimate of drug-likeness (QED) is 0.653. The van der Waals surface area contributed by atoms with Crippen molar-refractivity contribution in [1.29, 1.82) is 0 Å². The lowest BCUT2D eigenvalue weighted by molar-refractivity contribution is -0.133. The summed E-state index contributed by atoms with van der Waals surface area (Å²) >= 11 is 5.98. The molecular formula is C5H8ClNO3S. The molecule has 0 aliphatic carbocycles. The van der Waals surface area contributed by atoms with Crippen molar-refractivity contribution < 1.29 is 14.7 Å². The van der Waals surface area contributed by atoms with Crippen LogP contribution >= 0.6 is 23.4 Å². The number of halogens is 1. The summed E-state index contributed by atoms with van der Waals surface area (Å²) in [6, 6.07) is 0. The van der Waals surface area contributed by atoms with Gasteiger partial charge in [0.25, 0.3) is 5.24 Å². The molecule has 6 heteroatoms. The summed E-state index contributed by atoms with van der Waals surface area (Å²) in [5.41, 5.74) is 0. The molecule has 0 rings (SSSR count). The summed E-state index contributed by atoms with van der Waals surface area (Å²) in [5, 5.41) is 10.2. The number of aliphatic carboxylic acids is 1. The van der Waals surface area contributed by atoms with E-state index >= 15 is 0 Å². The molecule has 0 fully saturated rings. The Hall–Kier alpha value is -0.420. The summed E-state index contributed by atoms with van der Waals surface area (Å²) in [4.78, 5) is 20.6. The van der Waals surface area contributed by atoms with Crippen LogP contribution in [0.2, 0.25) is 0 Å². The van der Waals surface area contributed by atoms with Crippen LogP contribution in [0.15, 0.2) is 0 Å². The molecule has 1 amide bonds. The Morgan fingerprint density at radius 1 is 1.55 bits per heavy atom. The van der Waals surface area contributed by atoms with Gasteiger partial charge in [-0.05, 0) is 0 Å². The van der Waals surface area contributed by atoms with E-state index in [2.05, 4.69) is 5.32 Å². The highest BCUT2D eigenvalue weighted by atomic mass is 35.5. The van der Waals surface area contributed by atoms with Crippen molar-refractivity contribution in [3.8, 4) is 0 Å². The minimum Gasteiger partial charge on any atom is -0.481 e. The van der Waals surface area contributed by atoms with Gasteiger partial charge in [0.1, 0.15) is 5.75 Å². The van der Waals surface area contributed by atoms with Crippen molar-refractivity contribution in [3.63, 3.8) is 0 Å². The number of rotatable bonds is 4. The van der Waals surface area contributed by atoms with E-state index in [0.717, 1.165) is 0 Å². The van der Waals surface area contributed by atoms with Crippen LogP contribution in [-0.4, -0.2) is 34.5 Å². The topological polar surface area (TPSA) is 66.4 Å². The first-order chi connectivity index (χ1) is 5.16. The van der Waals surface area contributed by atoms with E-state index < -0.39 is 5.97 Å². The second-order valence-corrected chi connectivity index (χ2v) is 2.91. The molecule has 11 heavy (non-hydrogen) atoms. The molecule has 0 aromatic heterocycles. The first kappa shape index (κ1) is 10.6. The van der Waals surface area contributed by atoms with E-state index in [9.17, 15) is 9.59 Å². The summed E-state index contributed by atoms with van der Waals surface area (Å²) in [6.45, 7) is 0.368. The van der Waals surface area contributed by atoms with Gasteiger partial charge in [-0.25, -0.2) is 0 Å². The number of carbonyl (C=O) groups is 2. The van der Waals surface area contributed by atoms with Crippen molar-refractivity contribution in [2.75, 3.05) is 18.2 Å². The van der Waals surface area contributed by atoms with Crippen molar-refractivity contribution in [2.45, 2.75) is 0 Å². The van der Waals surface area contributed by atoms with Crippen LogP contribution in [0.1, 0.15) is 0 Å². The highest BCUT2D eigenvalue weighted by molar-refractivity contribution is 8.14. The molecule has 0 aromatic carbocycles.